The van der Waals surface area contributed by atoms with Crippen LogP contribution in [0.4, 0.5) is 13.2 Å². The van der Waals surface area contributed by atoms with Crippen LogP contribution < -0.4 is 9.47 Å². The predicted octanol–water partition coefficient (Wildman–Crippen LogP) is 2.98. The molecular weight excluding hydrogens is 407 g/mol. The largest absolute Gasteiger partial charge is 0.490 e. The van der Waals surface area contributed by atoms with Gasteiger partial charge in [0.15, 0.2) is 11.5 Å². The zero-order valence-electron chi connectivity index (χ0n) is 16.9. The fraction of sp³-hybridized carbons (Fsp3) is 0.550. The van der Waals surface area contributed by atoms with E-state index in [4.69, 9.17) is 19.4 Å². The lowest BCUT2D eigenvalue weighted by molar-refractivity contribution is -0.192. The van der Waals surface area contributed by atoms with Crippen molar-refractivity contribution in [1.29, 1.82) is 0 Å². The SMILES string of the molecule is CC(=O)Oc1ccc2c(c1OC(C)=O)C[C@@H]1CCCN(C)[C@H]1C2.O=C(O)C(F)(F)F. The number of hydrogen-bond donors (Lipinski definition) is 1. The number of carboxylic acids is 1. The highest BCUT2D eigenvalue weighted by atomic mass is 19.4. The average Bonchev–Trinajstić information content (AvgIpc) is 2.62. The molecule has 1 aliphatic heterocycles. The number of halogens is 3. The molecule has 0 spiro atoms. The van der Waals surface area contributed by atoms with Gasteiger partial charge in [-0.05, 0) is 56.8 Å². The number of esters is 2. The number of carboxylic acid groups (broad SMARTS) is 1. The molecule has 166 valence electrons. The number of fused-ring (bicyclic) bond motifs is 2. The molecule has 0 saturated carbocycles. The number of benzene rings is 1. The maximum Gasteiger partial charge on any atom is 0.490 e. The standard InChI is InChI=1S/C18H23NO4.C2HF3O2/c1-11(20)22-17-7-6-13-10-16-14(5-4-8-19(16)3)9-15(13)18(17)23-12(2)21;3-2(4,5)1(6)7/h6-7,14,16H,4-5,8-10H2,1-3H3;(H,6,7)/t14-,16-;/m0./s1. The number of alkyl halides is 3. The number of rotatable bonds is 2. The van der Waals surface area contributed by atoms with Gasteiger partial charge in [0.2, 0.25) is 0 Å². The third-order valence-corrected chi connectivity index (χ3v) is 5.15. The fourth-order valence-electron chi connectivity index (χ4n) is 3.92. The summed E-state index contributed by atoms with van der Waals surface area (Å²) in [6.45, 7) is 3.86. The van der Waals surface area contributed by atoms with Crippen LogP contribution in [0.5, 0.6) is 11.5 Å². The van der Waals surface area contributed by atoms with Gasteiger partial charge in [0, 0.05) is 25.5 Å². The number of nitrogens with zero attached hydrogens (tertiary/aromatic N) is 1. The smallest absolute Gasteiger partial charge is 0.475 e. The number of piperidine rings is 1. The van der Waals surface area contributed by atoms with Crippen LogP contribution in [0.3, 0.4) is 0 Å². The molecule has 0 amide bonds. The second kappa shape index (κ2) is 9.46. The summed E-state index contributed by atoms with van der Waals surface area (Å²) >= 11 is 0. The second-order valence-corrected chi connectivity index (χ2v) is 7.38. The van der Waals surface area contributed by atoms with E-state index in [1.165, 1.54) is 32.3 Å². The molecule has 10 heteroatoms. The molecule has 1 aromatic rings. The Kier molecular flexibility index (Phi) is 7.46. The summed E-state index contributed by atoms with van der Waals surface area (Å²) in [4.78, 5) is 34.2. The number of likely N-dealkylation sites (tertiary alicyclic amines) is 1. The summed E-state index contributed by atoms with van der Waals surface area (Å²) in [5.41, 5.74) is 2.21. The van der Waals surface area contributed by atoms with E-state index in [-0.39, 0.29) is 0 Å². The topological polar surface area (TPSA) is 93.1 Å². The van der Waals surface area contributed by atoms with E-state index in [9.17, 15) is 22.8 Å². The molecule has 2 atom stereocenters. The summed E-state index contributed by atoms with van der Waals surface area (Å²) < 4.78 is 42.4. The van der Waals surface area contributed by atoms with E-state index >= 15 is 0 Å². The van der Waals surface area contributed by atoms with Crippen molar-refractivity contribution in [2.24, 2.45) is 5.92 Å². The molecule has 3 rings (SSSR count). The fourth-order valence-corrected chi connectivity index (χ4v) is 3.92. The van der Waals surface area contributed by atoms with Gasteiger partial charge in [0.1, 0.15) is 0 Å². The second-order valence-electron chi connectivity index (χ2n) is 7.38. The van der Waals surface area contributed by atoms with Crippen LogP contribution in [0.15, 0.2) is 12.1 Å². The maximum absolute atomic E-state index is 11.5. The first-order valence-corrected chi connectivity index (χ1v) is 9.42. The van der Waals surface area contributed by atoms with Crippen LogP contribution in [-0.4, -0.2) is 53.7 Å². The number of carbonyl (C=O) groups excluding carboxylic acids is 2. The van der Waals surface area contributed by atoms with Crippen molar-refractivity contribution in [2.75, 3.05) is 13.6 Å². The average molecular weight is 431 g/mol. The van der Waals surface area contributed by atoms with Crippen LogP contribution in [0.1, 0.15) is 37.8 Å². The highest BCUT2D eigenvalue weighted by Gasteiger charge is 2.38. The third kappa shape index (κ3) is 5.94. The van der Waals surface area contributed by atoms with E-state index < -0.39 is 24.1 Å². The van der Waals surface area contributed by atoms with E-state index in [0.29, 0.717) is 23.5 Å². The van der Waals surface area contributed by atoms with Crippen molar-refractivity contribution in [2.45, 2.75) is 51.7 Å². The molecule has 2 aliphatic rings. The molecule has 0 unspecified atom stereocenters. The molecule has 1 aliphatic carbocycles. The highest BCUT2D eigenvalue weighted by Crippen LogP contribution is 2.42. The Bertz CT molecular complexity index is 823. The molecule has 0 bridgehead atoms. The van der Waals surface area contributed by atoms with Crippen molar-refractivity contribution < 1.29 is 42.1 Å². The zero-order chi connectivity index (χ0) is 22.6. The van der Waals surface area contributed by atoms with Crippen molar-refractivity contribution >= 4 is 17.9 Å². The van der Waals surface area contributed by atoms with Crippen molar-refractivity contribution in [3.8, 4) is 11.5 Å². The Morgan fingerprint density at radius 2 is 1.70 bits per heavy atom. The molecule has 1 heterocycles. The van der Waals surface area contributed by atoms with Gasteiger partial charge >= 0.3 is 24.1 Å². The maximum atomic E-state index is 11.5. The number of ether oxygens (including phenoxy) is 2. The molecule has 1 N–H and O–H groups in total. The Hall–Kier alpha value is -2.62. The lowest BCUT2D eigenvalue weighted by Crippen LogP contribution is -2.47. The zero-order valence-corrected chi connectivity index (χ0v) is 16.9. The highest BCUT2D eigenvalue weighted by molar-refractivity contribution is 5.75. The molecule has 1 aromatic carbocycles. The van der Waals surface area contributed by atoms with Gasteiger partial charge < -0.3 is 19.5 Å². The van der Waals surface area contributed by atoms with E-state index in [1.54, 1.807) is 6.07 Å². The predicted molar refractivity (Wildman–Crippen MR) is 99.3 cm³/mol. The first-order valence-electron chi connectivity index (χ1n) is 9.42. The third-order valence-electron chi connectivity index (χ3n) is 5.15. The van der Waals surface area contributed by atoms with Crippen LogP contribution in [0.2, 0.25) is 0 Å². The minimum Gasteiger partial charge on any atom is -0.475 e. The molecule has 7 nitrogen and oxygen atoms in total. The summed E-state index contributed by atoms with van der Waals surface area (Å²) in [6, 6.07) is 4.28. The van der Waals surface area contributed by atoms with Gasteiger partial charge in [-0.25, -0.2) is 4.79 Å². The van der Waals surface area contributed by atoms with Crippen LogP contribution >= 0.6 is 0 Å². The minimum absolute atomic E-state index is 0.342. The summed E-state index contributed by atoms with van der Waals surface area (Å²) in [6.07, 6.45) is -0.890. The van der Waals surface area contributed by atoms with Crippen LogP contribution in [0, 0.1) is 5.92 Å². The van der Waals surface area contributed by atoms with Crippen molar-refractivity contribution in [1.82, 2.24) is 4.90 Å². The monoisotopic (exact) mass is 431 g/mol. The van der Waals surface area contributed by atoms with E-state index in [2.05, 4.69) is 11.9 Å². The molecular formula is C20H24F3NO6. The number of aliphatic carboxylic acids is 1. The normalized spacial score (nSPS) is 20.7. The Morgan fingerprint density at radius 1 is 1.10 bits per heavy atom. The summed E-state index contributed by atoms with van der Waals surface area (Å²) in [7, 11) is 2.18. The molecule has 0 radical (unpaired) electrons. The van der Waals surface area contributed by atoms with Crippen LogP contribution in [-0.2, 0) is 27.2 Å². The first kappa shape index (κ1) is 23.7. The van der Waals surface area contributed by atoms with Gasteiger partial charge in [-0.1, -0.05) is 6.07 Å². The van der Waals surface area contributed by atoms with Gasteiger partial charge in [0.25, 0.3) is 0 Å². The lowest BCUT2D eigenvalue weighted by Gasteiger charge is -2.43. The first-order chi connectivity index (χ1) is 13.9. The van der Waals surface area contributed by atoms with Gasteiger partial charge in [0.05, 0.1) is 0 Å². The number of carbonyl (C=O) groups is 3. The van der Waals surface area contributed by atoms with Crippen LogP contribution in [0.25, 0.3) is 0 Å². The van der Waals surface area contributed by atoms with Gasteiger partial charge in [-0.3, -0.25) is 9.59 Å². The molecule has 0 aromatic heterocycles. The van der Waals surface area contributed by atoms with E-state index in [1.807, 2.05) is 6.07 Å². The van der Waals surface area contributed by atoms with Crippen molar-refractivity contribution in [3.05, 3.63) is 23.3 Å². The Morgan fingerprint density at radius 3 is 2.23 bits per heavy atom. The lowest BCUT2D eigenvalue weighted by atomic mass is 9.75. The van der Waals surface area contributed by atoms with Crippen molar-refractivity contribution in [3.63, 3.8) is 0 Å². The number of hydrogen-bond acceptors (Lipinski definition) is 6. The molecule has 30 heavy (non-hydrogen) atoms. The summed E-state index contributed by atoms with van der Waals surface area (Å²) in [5, 5.41) is 7.12. The van der Waals surface area contributed by atoms with Gasteiger partial charge in [-0.2, -0.15) is 13.2 Å². The summed E-state index contributed by atoms with van der Waals surface area (Å²) in [5.74, 6) is -2.24. The molecule has 1 fully saturated rings. The Balaban J connectivity index is 0.000000396. The molecule has 1 saturated heterocycles. The van der Waals surface area contributed by atoms with Gasteiger partial charge in [-0.15, -0.1) is 0 Å². The Labute approximate surface area is 171 Å². The minimum atomic E-state index is -5.08. The quantitative estimate of drug-likeness (QED) is 0.568. The van der Waals surface area contributed by atoms with E-state index in [0.717, 1.165) is 24.9 Å². The number of likely N-dealkylation sites (N-methyl/N-ethyl adjacent to an activating group) is 1.